The minimum absolute atomic E-state index is 0.0629. The fourth-order valence-corrected chi connectivity index (χ4v) is 3.36. The summed E-state index contributed by atoms with van der Waals surface area (Å²) in [4.78, 5) is 11.2. The highest BCUT2D eigenvalue weighted by atomic mass is 32.1. The Kier molecular flexibility index (Phi) is 4.62. The monoisotopic (exact) mass is 360 g/mol. The SMILES string of the molecule is COc1ccc(OC)c2c1N/C(=C/Cc1ccc([N+](=O)[O-])s1)C=C2O. The highest BCUT2D eigenvalue weighted by Crippen LogP contribution is 2.42. The lowest BCUT2D eigenvalue weighted by atomic mass is 10.0. The van der Waals surface area contributed by atoms with Gasteiger partial charge in [-0.3, -0.25) is 10.1 Å². The van der Waals surface area contributed by atoms with Crippen LogP contribution in [0.15, 0.2) is 42.1 Å². The summed E-state index contributed by atoms with van der Waals surface area (Å²) in [5.41, 5.74) is 1.82. The molecule has 0 saturated carbocycles. The van der Waals surface area contributed by atoms with E-state index in [1.165, 1.54) is 13.2 Å². The van der Waals surface area contributed by atoms with Gasteiger partial charge in [0.05, 0.1) is 30.4 Å². The van der Waals surface area contributed by atoms with Gasteiger partial charge in [-0.2, -0.15) is 0 Å². The van der Waals surface area contributed by atoms with E-state index >= 15 is 0 Å². The number of benzene rings is 1. The molecule has 0 fully saturated rings. The predicted octanol–water partition coefficient (Wildman–Crippen LogP) is 4.12. The standard InChI is InChI=1S/C17H16N2O5S/c1-23-13-6-7-14(24-2)17-16(13)12(20)9-10(18-17)3-4-11-5-8-15(25-11)19(21)22/h3,5-9,18,20H,4H2,1-2H3/b10-3+. The van der Waals surface area contributed by atoms with Crippen LogP contribution in [0.25, 0.3) is 5.76 Å². The number of ether oxygens (including phenoxy) is 2. The van der Waals surface area contributed by atoms with E-state index in [2.05, 4.69) is 5.32 Å². The number of nitrogens with one attached hydrogen (secondary N) is 1. The van der Waals surface area contributed by atoms with Gasteiger partial charge in [0.25, 0.3) is 0 Å². The van der Waals surface area contributed by atoms with E-state index in [0.717, 1.165) is 16.2 Å². The fourth-order valence-electron chi connectivity index (χ4n) is 2.58. The van der Waals surface area contributed by atoms with Crippen molar-refractivity contribution in [1.82, 2.24) is 0 Å². The molecule has 0 amide bonds. The topological polar surface area (TPSA) is 93.9 Å². The predicted molar refractivity (Wildman–Crippen MR) is 96.5 cm³/mol. The Bertz CT molecular complexity index is 885. The van der Waals surface area contributed by atoms with Crippen LogP contribution in [0.3, 0.4) is 0 Å². The van der Waals surface area contributed by atoms with Gasteiger partial charge in [-0.1, -0.05) is 17.4 Å². The molecule has 2 aromatic rings. The van der Waals surface area contributed by atoms with Gasteiger partial charge in [-0.15, -0.1) is 0 Å². The summed E-state index contributed by atoms with van der Waals surface area (Å²) in [5.74, 6) is 1.17. The van der Waals surface area contributed by atoms with Gasteiger partial charge >= 0.3 is 5.00 Å². The first-order valence-corrected chi connectivity index (χ1v) is 8.21. The van der Waals surface area contributed by atoms with Crippen LogP contribution < -0.4 is 14.8 Å². The molecule has 0 atom stereocenters. The Hall–Kier alpha value is -3.00. The third-order valence-corrected chi connectivity index (χ3v) is 4.80. The molecular formula is C17H16N2O5S. The molecule has 1 aliphatic rings. The molecule has 0 saturated heterocycles. The number of allylic oxidation sites excluding steroid dienone is 2. The molecule has 7 nitrogen and oxygen atoms in total. The second-order valence-electron chi connectivity index (χ2n) is 5.24. The van der Waals surface area contributed by atoms with E-state index in [4.69, 9.17) is 9.47 Å². The lowest BCUT2D eigenvalue weighted by molar-refractivity contribution is -0.380. The first-order chi connectivity index (χ1) is 12.0. The quantitative estimate of drug-likeness (QED) is 0.615. The summed E-state index contributed by atoms with van der Waals surface area (Å²) in [6.45, 7) is 0. The number of hydrogen-bond acceptors (Lipinski definition) is 7. The molecule has 1 aromatic carbocycles. The van der Waals surface area contributed by atoms with Crippen molar-refractivity contribution in [2.45, 2.75) is 6.42 Å². The van der Waals surface area contributed by atoms with Crippen LogP contribution in [0, 0.1) is 10.1 Å². The molecule has 3 rings (SSSR count). The summed E-state index contributed by atoms with van der Waals surface area (Å²) in [6, 6.07) is 6.69. The smallest absolute Gasteiger partial charge is 0.324 e. The first kappa shape index (κ1) is 16.8. The summed E-state index contributed by atoms with van der Waals surface area (Å²) in [7, 11) is 3.08. The molecule has 1 aromatic heterocycles. The zero-order valence-electron chi connectivity index (χ0n) is 13.6. The summed E-state index contributed by atoms with van der Waals surface area (Å²) >= 11 is 1.13. The van der Waals surface area contributed by atoms with Gasteiger partial charge < -0.3 is 19.9 Å². The molecule has 0 aliphatic carbocycles. The lowest BCUT2D eigenvalue weighted by Gasteiger charge is -2.22. The van der Waals surface area contributed by atoms with Gasteiger partial charge in [-0.25, -0.2) is 0 Å². The number of methoxy groups -OCH3 is 2. The number of nitro groups is 1. The van der Waals surface area contributed by atoms with Crippen LogP contribution in [-0.4, -0.2) is 24.2 Å². The average molecular weight is 360 g/mol. The Morgan fingerprint density at radius 1 is 1.24 bits per heavy atom. The Labute approximate surface area is 148 Å². The van der Waals surface area contributed by atoms with Crippen molar-refractivity contribution in [3.8, 4) is 11.5 Å². The van der Waals surface area contributed by atoms with Gasteiger partial charge in [0.15, 0.2) is 0 Å². The highest BCUT2D eigenvalue weighted by Gasteiger charge is 2.22. The summed E-state index contributed by atoms with van der Waals surface area (Å²) < 4.78 is 10.6. The van der Waals surface area contributed by atoms with Gasteiger partial charge in [-0.05, 0) is 18.2 Å². The summed E-state index contributed by atoms with van der Waals surface area (Å²) in [5, 5.41) is 24.5. The van der Waals surface area contributed by atoms with Crippen LogP contribution >= 0.6 is 11.3 Å². The largest absolute Gasteiger partial charge is 0.507 e. The molecule has 0 bridgehead atoms. The lowest BCUT2D eigenvalue weighted by Crippen LogP contribution is -2.10. The summed E-state index contributed by atoms with van der Waals surface area (Å²) in [6.07, 6.45) is 3.95. The molecule has 2 N–H and O–H groups in total. The number of nitrogens with zero attached hydrogens (tertiary/aromatic N) is 1. The number of aliphatic hydroxyl groups excluding tert-OH is 1. The minimum Gasteiger partial charge on any atom is -0.507 e. The second-order valence-corrected chi connectivity index (χ2v) is 6.38. The average Bonchev–Trinajstić information content (AvgIpc) is 3.08. The first-order valence-electron chi connectivity index (χ1n) is 7.39. The molecule has 0 radical (unpaired) electrons. The van der Waals surface area contributed by atoms with Gasteiger partial charge in [0.2, 0.25) is 0 Å². The Morgan fingerprint density at radius 2 is 1.96 bits per heavy atom. The fraction of sp³-hybridized carbons (Fsp3) is 0.176. The molecule has 1 aliphatic heterocycles. The van der Waals surface area contributed by atoms with E-state index in [1.807, 2.05) is 6.08 Å². The third-order valence-electron chi connectivity index (χ3n) is 3.74. The van der Waals surface area contributed by atoms with Crippen LogP contribution in [-0.2, 0) is 6.42 Å². The van der Waals surface area contributed by atoms with Crippen LogP contribution in [0.1, 0.15) is 10.4 Å². The molecule has 0 spiro atoms. The van der Waals surface area contributed by atoms with Crippen LogP contribution in [0.4, 0.5) is 10.7 Å². The van der Waals surface area contributed by atoms with E-state index < -0.39 is 4.92 Å². The molecule has 8 heteroatoms. The van der Waals surface area contributed by atoms with E-state index in [0.29, 0.717) is 34.9 Å². The van der Waals surface area contributed by atoms with Crippen molar-refractivity contribution in [3.05, 3.63) is 62.7 Å². The zero-order valence-corrected chi connectivity index (χ0v) is 14.4. The maximum Gasteiger partial charge on any atom is 0.324 e. The van der Waals surface area contributed by atoms with Gasteiger partial charge in [0.1, 0.15) is 17.3 Å². The van der Waals surface area contributed by atoms with Crippen LogP contribution in [0.2, 0.25) is 0 Å². The van der Waals surface area contributed by atoms with Crippen molar-refractivity contribution in [1.29, 1.82) is 0 Å². The third kappa shape index (κ3) is 3.29. The number of rotatable bonds is 5. The Morgan fingerprint density at radius 3 is 2.60 bits per heavy atom. The maximum absolute atomic E-state index is 10.8. The van der Waals surface area contributed by atoms with Crippen molar-refractivity contribution in [3.63, 3.8) is 0 Å². The number of anilines is 1. The van der Waals surface area contributed by atoms with Crippen LogP contribution in [0.5, 0.6) is 11.5 Å². The molecule has 130 valence electrons. The molecular weight excluding hydrogens is 344 g/mol. The second kappa shape index (κ2) is 6.86. The van der Waals surface area contributed by atoms with Crippen molar-refractivity contribution in [2.75, 3.05) is 19.5 Å². The maximum atomic E-state index is 10.8. The van der Waals surface area contributed by atoms with Crippen molar-refractivity contribution in [2.24, 2.45) is 0 Å². The molecule has 2 heterocycles. The molecule has 25 heavy (non-hydrogen) atoms. The zero-order chi connectivity index (χ0) is 18.0. The highest BCUT2D eigenvalue weighted by molar-refractivity contribution is 7.15. The number of thiophene rings is 1. The normalized spacial score (nSPS) is 14.5. The Balaban J connectivity index is 1.90. The van der Waals surface area contributed by atoms with Crippen molar-refractivity contribution >= 4 is 27.8 Å². The van der Waals surface area contributed by atoms with E-state index in [-0.39, 0.29) is 10.8 Å². The minimum atomic E-state index is -0.403. The number of fused-ring (bicyclic) bond motifs is 1. The van der Waals surface area contributed by atoms with Gasteiger partial charge in [0, 0.05) is 29.1 Å². The molecule has 0 unspecified atom stereocenters. The van der Waals surface area contributed by atoms with Crippen molar-refractivity contribution < 1.29 is 19.5 Å². The van der Waals surface area contributed by atoms with E-state index in [1.54, 1.807) is 31.4 Å². The number of hydrogen-bond donors (Lipinski definition) is 2. The van der Waals surface area contributed by atoms with E-state index in [9.17, 15) is 15.2 Å². The number of aliphatic hydroxyl groups is 1.